The average molecular weight is 481 g/mol. The van der Waals surface area contributed by atoms with Crippen LogP contribution in [0.3, 0.4) is 0 Å². The molecule has 8 heteroatoms. The van der Waals surface area contributed by atoms with Gasteiger partial charge in [-0.2, -0.15) is 5.26 Å². The fourth-order valence-corrected chi connectivity index (χ4v) is 4.54. The summed E-state index contributed by atoms with van der Waals surface area (Å²) in [7, 11) is 0. The van der Waals surface area contributed by atoms with E-state index in [4.69, 9.17) is 5.26 Å². The first-order valence-electron chi connectivity index (χ1n) is 6.30. The van der Waals surface area contributed by atoms with Crippen molar-refractivity contribution in [3.8, 4) is 6.07 Å². The number of hydrogen-bond donors (Lipinski definition) is 2. The molecule has 1 heterocycles. The first-order valence-corrected chi connectivity index (χ1v) is 8.68. The molecule has 1 amide bonds. The Balaban J connectivity index is 2.04. The van der Waals surface area contributed by atoms with E-state index in [-0.39, 0.29) is 18.5 Å². The molecule has 1 atom stereocenters. The zero-order chi connectivity index (χ0) is 15.4. The normalized spacial score (nSPS) is 19.0. The predicted molar refractivity (Wildman–Crippen MR) is 92.0 cm³/mol. The maximum Gasteiger partial charge on any atom is 0.238 e. The molecule has 1 fully saturated rings. The Morgan fingerprint density at radius 3 is 2.71 bits per heavy atom. The van der Waals surface area contributed by atoms with E-state index in [1.54, 1.807) is 0 Å². The van der Waals surface area contributed by atoms with Crippen molar-refractivity contribution in [1.29, 1.82) is 5.26 Å². The Bertz CT molecular complexity index is 564. The summed E-state index contributed by atoms with van der Waals surface area (Å²) in [6, 6.07) is 5.68. The molecule has 0 spiro atoms. The number of hydrogen-bond acceptors (Lipinski definition) is 4. The molecule has 1 aliphatic heterocycles. The highest BCUT2D eigenvalue weighted by atomic mass is 79.9. The Hall–Kier alpha value is -0.460. The second kappa shape index (κ2) is 7.70. The monoisotopic (exact) mass is 478 g/mol. The largest absolute Gasteiger partial charge is 0.323 e. The lowest BCUT2D eigenvalue weighted by Gasteiger charge is -2.31. The van der Waals surface area contributed by atoms with Gasteiger partial charge in [0.05, 0.1) is 18.3 Å². The molecule has 5 nitrogen and oxygen atoms in total. The summed E-state index contributed by atoms with van der Waals surface area (Å²) >= 11 is 10.2. The minimum Gasteiger partial charge on any atom is -0.323 e. The second-order valence-corrected chi connectivity index (χ2v) is 7.24. The van der Waals surface area contributed by atoms with Crippen LogP contribution in [0.2, 0.25) is 0 Å². The summed E-state index contributed by atoms with van der Waals surface area (Å²) in [5.41, 5.74) is 0.687. The minimum absolute atomic E-state index is 0.138. The molecule has 0 bridgehead atoms. The van der Waals surface area contributed by atoms with Crippen molar-refractivity contribution in [1.82, 2.24) is 10.2 Å². The zero-order valence-corrected chi connectivity index (χ0v) is 15.8. The van der Waals surface area contributed by atoms with Crippen LogP contribution in [-0.4, -0.2) is 43.0 Å². The van der Waals surface area contributed by atoms with Gasteiger partial charge in [-0.05, 0) is 44.0 Å². The van der Waals surface area contributed by atoms with Gasteiger partial charge in [0.25, 0.3) is 0 Å². The smallest absolute Gasteiger partial charge is 0.238 e. The maximum atomic E-state index is 12.2. The molecular weight excluding hydrogens is 468 g/mol. The van der Waals surface area contributed by atoms with Crippen molar-refractivity contribution < 1.29 is 4.79 Å². The van der Waals surface area contributed by atoms with Gasteiger partial charge in [-0.15, -0.1) is 0 Å². The van der Waals surface area contributed by atoms with Gasteiger partial charge < -0.3 is 10.6 Å². The highest BCUT2D eigenvalue weighted by Gasteiger charge is 2.24. The summed E-state index contributed by atoms with van der Waals surface area (Å²) < 4.78 is 2.48. The predicted octanol–water partition coefficient (Wildman–Crippen LogP) is 2.71. The topological polar surface area (TPSA) is 68.2 Å². The lowest BCUT2D eigenvalue weighted by Crippen LogP contribution is -2.52. The van der Waals surface area contributed by atoms with Crippen molar-refractivity contribution in [2.24, 2.45) is 0 Å². The third-order valence-electron chi connectivity index (χ3n) is 3.12. The van der Waals surface area contributed by atoms with Crippen LogP contribution in [0.1, 0.15) is 0 Å². The molecule has 0 aliphatic carbocycles. The molecule has 1 unspecified atom stereocenters. The summed E-state index contributed by atoms with van der Waals surface area (Å²) in [6.45, 7) is 2.27. The van der Waals surface area contributed by atoms with Gasteiger partial charge in [0.2, 0.25) is 5.91 Å². The van der Waals surface area contributed by atoms with Crippen LogP contribution in [0, 0.1) is 11.3 Å². The van der Waals surface area contributed by atoms with Crippen LogP contribution in [0.15, 0.2) is 25.6 Å². The van der Waals surface area contributed by atoms with E-state index in [0.717, 1.165) is 20.0 Å². The number of anilines is 1. The molecule has 1 aliphatic rings. The number of benzene rings is 1. The number of piperazine rings is 1. The lowest BCUT2D eigenvalue weighted by atomic mass is 10.2. The number of nitriles is 1. The zero-order valence-electron chi connectivity index (χ0n) is 11.0. The standard InChI is InChI=1S/C13H13Br3N4O/c14-8-3-10(15)13(11(16)4-8)19-12(21)7-20-2-1-18-6-9(20)5-17/h3-4,9,18H,1-2,6-7H2,(H,19,21). The summed E-state index contributed by atoms with van der Waals surface area (Å²) in [4.78, 5) is 14.1. The van der Waals surface area contributed by atoms with Crippen molar-refractivity contribution >= 4 is 59.4 Å². The van der Waals surface area contributed by atoms with Crippen LogP contribution < -0.4 is 10.6 Å². The molecule has 1 aromatic carbocycles. The molecule has 2 rings (SSSR count). The fraction of sp³-hybridized carbons (Fsp3) is 0.385. The third-order valence-corrected chi connectivity index (χ3v) is 4.83. The number of nitrogens with zero attached hydrogens (tertiary/aromatic N) is 2. The number of halogens is 3. The Labute approximate surface area is 148 Å². The molecular formula is C13H13Br3N4O. The minimum atomic E-state index is -0.263. The SMILES string of the molecule is N#CC1CNCCN1CC(=O)Nc1c(Br)cc(Br)cc1Br. The van der Waals surface area contributed by atoms with Crippen LogP contribution >= 0.6 is 47.8 Å². The second-order valence-electron chi connectivity index (χ2n) is 4.61. The van der Waals surface area contributed by atoms with E-state index >= 15 is 0 Å². The van der Waals surface area contributed by atoms with Crippen LogP contribution in [-0.2, 0) is 4.79 Å². The van der Waals surface area contributed by atoms with E-state index in [1.165, 1.54) is 0 Å². The molecule has 1 aromatic rings. The number of nitrogens with one attached hydrogen (secondary N) is 2. The first-order chi connectivity index (χ1) is 10.0. The Morgan fingerprint density at radius 1 is 1.43 bits per heavy atom. The van der Waals surface area contributed by atoms with Crippen LogP contribution in [0.5, 0.6) is 0 Å². The van der Waals surface area contributed by atoms with Gasteiger partial charge in [0.15, 0.2) is 0 Å². The van der Waals surface area contributed by atoms with E-state index < -0.39 is 0 Å². The molecule has 21 heavy (non-hydrogen) atoms. The van der Waals surface area contributed by atoms with Gasteiger partial charge in [-0.1, -0.05) is 15.9 Å². The number of rotatable bonds is 3. The quantitative estimate of drug-likeness (QED) is 0.698. The fourth-order valence-electron chi connectivity index (χ4n) is 2.09. The number of amides is 1. The first kappa shape index (κ1) is 16.9. The summed E-state index contributed by atoms with van der Waals surface area (Å²) in [5, 5.41) is 15.1. The molecule has 0 radical (unpaired) electrons. The number of carbonyl (C=O) groups is 1. The molecule has 112 valence electrons. The highest BCUT2D eigenvalue weighted by Crippen LogP contribution is 2.34. The number of carbonyl (C=O) groups excluding carboxylic acids is 1. The summed E-state index contributed by atoms with van der Waals surface area (Å²) in [6.07, 6.45) is 0. The maximum absolute atomic E-state index is 12.2. The molecule has 2 N–H and O–H groups in total. The van der Waals surface area contributed by atoms with E-state index in [9.17, 15) is 4.79 Å². The van der Waals surface area contributed by atoms with E-state index in [0.29, 0.717) is 18.8 Å². The molecule has 0 saturated carbocycles. The van der Waals surface area contributed by atoms with Gasteiger partial charge >= 0.3 is 0 Å². The van der Waals surface area contributed by atoms with Gasteiger partial charge in [0, 0.05) is 33.1 Å². The van der Waals surface area contributed by atoms with E-state index in [1.807, 2.05) is 17.0 Å². The van der Waals surface area contributed by atoms with Crippen LogP contribution in [0.4, 0.5) is 5.69 Å². The molecule has 1 saturated heterocycles. The lowest BCUT2D eigenvalue weighted by molar-refractivity contribution is -0.117. The van der Waals surface area contributed by atoms with Gasteiger partial charge in [0.1, 0.15) is 6.04 Å². The average Bonchev–Trinajstić information content (AvgIpc) is 2.43. The van der Waals surface area contributed by atoms with E-state index in [2.05, 4.69) is 64.5 Å². The summed E-state index contributed by atoms with van der Waals surface area (Å²) in [5.74, 6) is -0.138. The Morgan fingerprint density at radius 2 is 2.10 bits per heavy atom. The van der Waals surface area contributed by atoms with Gasteiger partial charge in [-0.25, -0.2) is 0 Å². The molecule has 0 aromatic heterocycles. The van der Waals surface area contributed by atoms with Crippen LogP contribution in [0.25, 0.3) is 0 Å². The van der Waals surface area contributed by atoms with Crippen molar-refractivity contribution in [2.45, 2.75) is 6.04 Å². The third kappa shape index (κ3) is 4.50. The highest BCUT2D eigenvalue weighted by molar-refractivity contribution is 9.11. The van der Waals surface area contributed by atoms with Crippen molar-refractivity contribution in [2.75, 3.05) is 31.5 Å². The van der Waals surface area contributed by atoms with Gasteiger partial charge in [-0.3, -0.25) is 9.69 Å². The van der Waals surface area contributed by atoms with Crippen molar-refractivity contribution in [3.05, 3.63) is 25.6 Å². The van der Waals surface area contributed by atoms with Crippen molar-refractivity contribution in [3.63, 3.8) is 0 Å². The Kier molecular flexibility index (Phi) is 6.20.